The van der Waals surface area contributed by atoms with Crippen LogP contribution in [0.25, 0.3) is 0 Å². The minimum atomic E-state index is -0.314. The molecule has 4 nitrogen and oxygen atoms in total. The fourth-order valence-electron chi connectivity index (χ4n) is 1.27. The number of nitrogens with zero attached hydrogens (tertiary/aromatic N) is 1. The van der Waals surface area contributed by atoms with Gasteiger partial charge in [-0.1, -0.05) is 0 Å². The van der Waals surface area contributed by atoms with Gasteiger partial charge in [0.2, 0.25) is 0 Å². The van der Waals surface area contributed by atoms with Gasteiger partial charge in [-0.25, -0.2) is 0 Å². The summed E-state index contributed by atoms with van der Waals surface area (Å²) in [7, 11) is 1.36. The molecule has 0 aliphatic carbocycles. The minimum Gasteiger partial charge on any atom is -0.469 e. The van der Waals surface area contributed by atoms with E-state index in [0.717, 1.165) is 11.1 Å². The van der Waals surface area contributed by atoms with Crippen LogP contribution in [0.1, 0.15) is 23.6 Å². The number of pyridine rings is 1. The van der Waals surface area contributed by atoms with Crippen LogP contribution >= 0.6 is 0 Å². The van der Waals surface area contributed by atoms with Crippen molar-refractivity contribution < 1.29 is 9.53 Å². The summed E-state index contributed by atoms with van der Waals surface area (Å²) in [6.07, 6.45) is 3.59. The molecule has 1 atom stereocenters. The number of hydrogen-bond acceptors (Lipinski definition) is 4. The summed E-state index contributed by atoms with van der Waals surface area (Å²) in [6.45, 7) is 1.92. The Hall–Kier alpha value is -1.42. The SMILES string of the molecule is COC(=O)C[C@@H](N)c1ccncc1C. The van der Waals surface area contributed by atoms with E-state index in [1.54, 1.807) is 12.4 Å². The zero-order valence-corrected chi connectivity index (χ0v) is 8.36. The Kier molecular flexibility index (Phi) is 3.59. The lowest BCUT2D eigenvalue weighted by molar-refractivity contribution is -0.141. The fourth-order valence-corrected chi connectivity index (χ4v) is 1.27. The fraction of sp³-hybridized carbons (Fsp3) is 0.400. The molecule has 0 aliphatic heterocycles. The van der Waals surface area contributed by atoms with E-state index in [9.17, 15) is 4.79 Å². The maximum absolute atomic E-state index is 11.0. The molecule has 1 rings (SSSR count). The van der Waals surface area contributed by atoms with Crippen LogP contribution in [-0.2, 0) is 9.53 Å². The van der Waals surface area contributed by atoms with Gasteiger partial charge in [-0.2, -0.15) is 0 Å². The Morgan fingerprint density at radius 1 is 1.71 bits per heavy atom. The second-order valence-corrected chi connectivity index (χ2v) is 3.12. The number of aryl methyl sites for hydroxylation is 1. The highest BCUT2D eigenvalue weighted by Gasteiger charge is 2.13. The van der Waals surface area contributed by atoms with Crippen molar-refractivity contribution in [2.75, 3.05) is 7.11 Å². The predicted octanol–water partition coefficient (Wildman–Crippen LogP) is 0.953. The zero-order valence-electron chi connectivity index (χ0n) is 8.36. The third-order valence-electron chi connectivity index (χ3n) is 2.08. The number of methoxy groups -OCH3 is 1. The van der Waals surface area contributed by atoms with Gasteiger partial charge in [-0.05, 0) is 24.1 Å². The molecule has 0 fully saturated rings. The van der Waals surface area contributed by atoms with E-state index in [-0.39, 0.29) is 18.4 Å². The third kappa shape index (κ3) is 2.53. The van der Waals surface area contributed by atoms with Gasteiger partial charge in [-0.15, -0.1) is 0 Å². The number of esters is 1. The quantitative estimate of drug-likeness (QED) is 0.727. The van der Waals surface area contributed by atoms with Gasteiger partial charge in [-0.3, -0.25) is 9.78 Å². The first-order valence-corrected chi connectivity index (χ1v) is 4.38. The molecule has 0 unspecified atom stereocenters. The molecule has 4 heteroatoms. The molecule has 0 bridgehead atoms. The van der Waals surface area contributed by atoms with Crippen LogP contribution in [0, 0.1) is 6.92 Å². The number of ether oxygens (including phenoxy) is 1. The van der Waals surface area contributed by atoms with E-state index < -0.39 is 0 Å². The smallest absolute Gasteiger partial charge is 0.307 e. The second-order valence-electron chi connectivity index (χ2n) is 3.12. The highest BCUT2D eigenvalue weighted by atomic mass is 16.5. The predicted molar refractivity (Wildman–Crippen MR) is 52.5 cm³/mol. The molecule has 0 saturated heterocycles. The Balaban J connectivity index is 2.74. The molecule has 0 amide bonds. The normalized spacial score (nSPS) is 12.2. The van der Waals surface area contributed by atoms with Crippen LogP contribution in [0.2, 0.25) is 0 Å². The van der Waals surface area contributed by atoms with Gasteiger partial charge in [0.25, 0.3) is 0 Å². The molecule has 0 aromatic carbocycles. The highest BCUT2D eigenvalue weighted by Crippen LogP contribution is 2.17. The molecule has 76 valence electrons. The van der Waals surface area contributed by atoms with Crippen molar-refractivity contribution >= 4 is 5.97 Å². The van der Waals surface area contributed by atoms with E-state index in [4.69, 9.17) is 5.73 Å². The number of carbonyl (C=O) groups is 1. The minimum absolute atomic E-state index is 0.196. The number of nitrogens with two attached hydrogens (primary N) is 1. The van der Waals surface area contributed by atoms with Crippen molar-refractivity contribution in [1.29, 1.82) is 0 Å². The second kappa shape index (κ2) is 4.72. The van der Waals surface area contributed by atoms with Crippen LogP contribution < -0.4 is 5.73 Å². The Labute approximate surface area is 83.1 Å². The average molecular weight is 194 g/mol. The number of hydrogen-bond donors (Lipinski definition) is 1. The summed E-state index contributed by atoms with van der Waals surface area (Å²) < 4.78 is 4.55. The van der Waals surface area contributed by atoms with Crippen molar-refractivity contribution in [3.8, 4) is 0 Å². The standard InChI is InChI=1S/C10H14N2O2/c1-7-6-12-4-3-8(7)9(11)5-10(13)14-2/h3-4,6,9H,5,11H2,1-2H3/t9-/m1/s1. The summed E-state index contributed by atoms with van der Waals surface area (Å²) in [4.78, 5) is 14.9. The number of rotatable bonds is 3. The molecule has 1 aromatic heterocycles. The van der Waals surface area contributed by atoms with E-state index in [1.807, 2.05) is 13.0 Å². The first kappa shape index (κ1) is 10.7. The molecule has 0 saturated carbocycles. The van der Waals surface area contributed by atoms with Crippen molar-refractivity contribution in [1.82, 2.24) is 4.98 Å². The van der Waals surface area contributed by atoms with Gasteiger partial charge in [0.1, 0.15) is 0 Å². The van der Waals surface area contributed by atoms with Crippen LogP contribution in [0.4, 0.5) is 0 Å². The average Bonchev–Trinajstić information content (AvgIpc) is 2.18. The van der Waals surface area contributed by atoms with Crippen molar-refractivity contribution in [2.24, 2.45) is 5.73 Å². The lowest BCUT2D eigenvalue weighted by atomic mass is 10.0. The Morgan fingerprint density at radius 2 is 2.43 bits per heavy atom. The monoisotopic (exact) mass is 194 g/mol. The molecule has 14 heavy (non-hydrogen) atoms. The largest absolute Gasteiger partial charge is 0.469 e. The summed E-state index contributed by atoms with van der Waals surface area (Å²) >= 11 is 0. The molecule has 2 N–H and O–H groups in total. The van der Waals surface area contributed by atoms with Crippen LogP contribution in [0.5, 0.6) is 0 Å². The highest BCUT2D eigenvalue weighted by molar-refractivity contribution is 5.70. The van der Waals surface area contributed by atoms with E-state index in [0.29, 0.717) is 0 Å². The number of carbonyl (C=O) groups excluding carboxylic acids is 1. The van der Waals surface area contributed by atoms with Gasteiger partial charge in [0.15, 0.2) is 0 Å². The van der Waals surface area contributed by atoms with Crippen LogP contribution in [-0.4, -0.2) is 18.1 Å². The maximum Gasteiger partial charge on any atom is 0.307 e. The topological polar surface area (TPSA) is 65.2 Å². The van der Waals surface area contributed by atoms with Gasteiger partial charge in [0.05, 0.1) is 13.5 Å². The zero-order chi connectivity index (χ0) is 10.6. The van der Waals surface area contributed by atoms with Gasteiger partial charge >= 0.3 is 5.97 Å². The third-order valence-corrected chi connectivity index (χ3v) is 2.08. The van der Waals surface area contributed by atoms with Gasteiger partial charge < -0.3 is 10.5 Å². The van der Waals surface area contributed by atoms with Crippen LogP contribution in [0.3, 0.4) is 0 Å². The maximum atomic E-state index is 11.0. The molecular formula is C10H14N2O2. The number of aromatic nitrogens is 1. The Morgan fingerprint density at radius 3 is 3.00 bits per heavy atom. The summed E-state index contributed by atoms with van der Waals surface area (Å²) in [5, 5.41) is 0. The summed E-state index contributed by atoms with van der Waals surface area (Å²) in [5.41, 5.74) is 7.77. The summed E-state index contributed by atoms with van der Waals surface area (Å²) in [6, 6.07) is 1.51. The van der Waals surface area contributed by atoms with Crippen LogP contribution in [0.15, 0.2) is 18.5 Å². The molecule has 0 spiro atoms. The van der Waals surface area contributed by atoms with Gasteiger partial charge in [0, 0.05) is 18.4 Å². The van der Waals surface area contributed by atoms with Crippen molar-refractivity contribution in [3.05, 3.63) is 29.6 Å². The lowest BCUT2D eigenvalue weighted by Crippen LogP contribution is -2.17. The first-order chi connectivity index (χ1) is 6.65. The lowest BCUT2D eigenvalue weighted by Gasteiger charge is -2.12. The van der Waals surface area contributed by atoms with Crippen molar-refractivity contribution in [3.63, 3.8) is 0 Å². The van der Waals surface area contributed by atoms with Crippen molar-refractivity contribution in [2.45, 2.75) is 19.4 Å². The first-order valence-electron chi connectivity index (χ1n) is 4.38. The summed E-state index contributed by atoms with van der Waals surface area (Å²) in [5.74, 6) is -0.297. The van der Waals surface area contributed by atoms with E-state index in [1.165, 1.54) is 7.11 Å². The van der Waals surface area contributed by atoms with E-state index >= 15 is 0 Å². The molecule has 0 aliphatic rings. The molecule has 0 radical (unpaired) electrons. The molecule has 1 aromatic rings. The Bertz CT molecular complexity index is 326. The molecular weight excluding hydrogens is 180 g/mol. The van der Waals surface area contributed by atoms with E-state index in [2.05, 4.69) is 9.72 Å². The molecule has 1 heterocycles.